The van der Waals surface area contributed by atoms with Gasteiger partial charge in [-0.3, -0.25) is 4.98 Å². The molecule has 0 aliphatic rings. The summed E-state index contributed by atoms with van der Waals surface area (Å²) in [7, 11) is 0. The van der Waals surface area contributed by atoms with Crippen molar-refractivity contribution in [1.82, 2.24) is 4.98 Å². The van der Waals surface area contributed by atoms with E-state index >= 15 is 0 Å². The van der Waals surface area contributed by atoms with Crippen LogP contribution in [-0.4, -0.2) is 16.7 Å². The molecule has 1 rings (SSSR count). The van der Waals surface area contributed by atoms with Crippen LogP contribution in [0, 0.1) is 11.3 Å². The average Bonchev–Trinajstić information content (AvgIpc) is 2.10. The highest BCUT2D eigenvalue weighted by atomic mass is 35.5. The Balaban J connectivity index is 3.02. The Bertz CT molecular complexity index is 308. The first-order chi connectivity index (χ1) is 5.79. The van der Waals surface area contributed by atoms with Gasteiger partial charge in [-0.05, 0) is 12.1 Å². The molecule has 1 N–H and O–H groups in total. The topological polar surface area (TPSA) is 56.9 Å². The number of aromatic nitrogens is 1. The summed E-state index contributed by atoms with van der Waals surface area (Å²) >= 11 is 5.75. The zero-order valence-corrected chi connectivity index (χ0v) is 6.99. The van der Waals surface area contributed by atoms with Crippen LogP contribution in [0.2, 0.25) is 5.02 Å². The van der Waals surface area contributed by atoms with Gasteiger partial charge in [0.25, 0.3) is 0 Å². The van der Waals surface area contributed by atoms with Crippen LogP contribution in [0.5, 0.6) is 0 Å². The number of halogens is 1. The molecule has 1 heterocycles. The number of pyridine rings is 1. The molecule has 62 valence electrons. The average molecular weight is 183 g/mol. The molecule has 0 bridgehead atoms. The van der Waals surface area contributed by atoms with Gasteiger partial charge in [-0.15, -0.1) is 0 Å². The van der Waals surface area contributed by atoms with Gasteiger partial charge in [-0.1, -0.05) is 11.6 Å². The van der Waals surface area contributed by atoms with E-state index in [-0.39, 0.29) is 6.61 Å². The first-order valence-electron chi connectivity index (χ1n) is 3.40. The molecule has 0 spiro atoms. The van der Waals surface area contributed by atoms with Gasteiger partial charge >= 0.3 is 0 Å². The second-order valence-corrected chi connectivity index (χ2v) is 2.64. The number of aliphatic hydroxyl groups excluding tert-OH is 1. The van der Waals surface area contributed by atoms with Gasteiger partial charge in [-0.25, -0.2) is 0 Å². The summed E-state index contributed by atoms with van der Waals surface area (Å²) in [5.74, 6) is -0.626. The lowest BCUT2D eigenvalue weighted by Crippen LogP contribution is -2.03. The zero-order chi connectivity index (χ0) is 8.97. The van der Waals surface area contributed by atoms with Crippen molar-refractivity contribution in [2.24, 2.45) is 0 Å². The number of aliphatic hydroxyl groups is 1. The second-order valence-electron chi connectivity index (χ2n) is 2.23. The van der Waals surface area contributed by atoms with E-state index in [0.717, 1.165) is 0 Å². The van der Waals surface area contributed by atoms with Crippen LogP contribution in [0.3, 0.4) is 0 Å². The lowest BCUT2D eigenvalue weighted by Gasteiger charge is -2.05. The van der Waals surface area contributed by atoms with Gasteiger partial charge < -0.3 is 5.11 Å². The van der Waals surface area contributed by atoms with Crippen LogP contribution in [-0.2, 0) is 0 Å². The van der Waals surface area contributed by atoms with Gasteiger partial charge in [0.05, 0.1) is 23.4 Å². The Morgan fingerprint density at radius 3 is 3.00 bits per heavy atom. The molecule has 1 atom stereocenters. The van der Waals surface area contributed by atoms with E-state index in [1.807, 2.05) is 6.07 Å². The normalized spacial score (nSPS) is 12.1. The Labute approximate surface area is 75.2 Å². The van der Waals surface area contributed by atoms with Crippen LogP contribution in [0.15, 0.2) is 18.3 Å². The molecule has 3 nitrogen and oxygen atoms in total. The third-order valence-corrected chi connectivity index (χ3v) is 1.78. The summed E-state index contributed by atoms with van der Waals surface area (Å²) in [5, 5.41) is 17.8. The summed E-state index contributed by atoms with van der Waals surface area (Å²) in [6.45, 7) is -0.257. The van der Waals surface area contributed by atoms with Gasteiger partial charge in [0, 0.05) is 6.20 Å². The Morgan fingerprint density at radius 1 is 1.75 bits per heavy atom. The third kappa shape index (κ3) is 1.73. The van der Waals surface area contributed by atoms with Crippen LogP contribution < -0.4 is 0 Å². The van der Waals surface area contributed by atoms with Crippen molar-refractivity contribution >= 4 is 11.6 Å². The smallest absolute Gasteiger partial charge is 0.113 e. The van der Waals surface area contributed by atoms with Gasteiger partial charge in [0.2, 0.25) is 0 Å². The van der Waals surface area contributed by atoms with Gasteiger partial charge in [0.15, 0.2) is 0 Å². The molecule has 0 aromatic carbocycles. The van der Waals surface area contributed by atoms with Crippen molar-refractivity contribution in [2.75, 3.05) is 6.61 Å². The van der Waals surface area contributed by atoms with E-state index in [4.69, 9.17) is 22.0 Å². The Kier molecular flexibility index (Phi) is 3.03. The fourth-order valence-corrected chi connectivity index (χ4v) is 1.10. The Hall–Kier alpha value is -1.11. The SMILES string of the molecule is N#CC(CO)c1ncccc1Cl. The van der Waals surface area contributed by atoms with E-state index in [1.54, 1.807) is 18.3 Å². The van der Waals surface area contributed by atoms with Gasteiger partial charge in [0.1, 0.15) is 5.92 Å². The quantitative estimate of drug-likeness (QED) is 0.751. The summed E-state index contributed by atoms with van der Waals surface area (Å²) in [6.07, 6.45) is 1.54. The molecule has 1 aromatic heterocycles. The predicted octanol–water partition coefficient (Wildman–Crippen LogP) is 1.33. The van der Waals surface area contributed by atoms with Crippen LogP contribution >= 0.6 is 11.6 Å². The number of rotatable bonds is 2. The lowest BCUT2D eigenvalue weighted by atomic mass is 10.1. The number of hydrogen-bond acceptors (Lipinski definition) is 3. The van der Waals surface area contributed by atoms with Crippen molar-refractivity contribution in [1.29, 1.82) is 5.26 Å². The standard InChI is InChI=1S/C8H7ClN2O/c9-7-2-1-3-11-8(7)6(4-10)5-12/h1-3,6,12H,5H2. The molecule has 0 amide bonds. The molecular formula is C8H7ClN2O. The van der Waals surface area contributed by atoms with E-state index in [2.05, 4.69) is 4.98 Å². The number of nitriles is 1. The molecule has 1 unspecified atom stereocenters. The number of nitrogens with zero attached hydrogens (tertiary/aromatic N) is 2. The summed E-state index contributed by atoms with van der Waals surface area (Å²) < 4.78 is 0. The monoisotopic (exact) mass is 182 g/mol. The number of hydrogen-bond donors (Lipinski definition) is 1. The maximum atomic E-state index is 8.78. The molecule has 0 saturated carbocycles. The zero-order valence-electron chi connectivity index (χ0n) is 6.24. The van der Waals surface area contributed by atoms with Crippen molar-refractivity contribution < 1.29 is 5.11 Å². The summed E-state index contributed by atoms with van der Waals surface area (Å²) in [5.41, 5.74) is 0.434. The van der Waals surface area contributed by atoms with Crippen LogP contribution in [0.25, 0.3) is 0 Å². The molecule has 1 aromatic rings. The molecule has 0 saturated heterocycles. The molecule has 0 fully saturated rings. The lowest BCUT2D eigenvalue weighted by molar-refractivity contribution is 0.284. The highest BCUT2D eigenvalue weighted by Gasteiger charge is 2.13. The van der Waals surface area contributed by atoms with Crippen molar-refractivity contribution in [3.05, 3.63) is 29.0 Å². The largest absolute Gasteiger partial charge is 0.395 e. The fourth-order valence-electron chi connectivity index (χ4n) is 0.843. The minimum Gasteiger partial charge on any atom is -0.395 e. The van der Waals surface area contributed by atoms with Crippen LogP contribution in [0.4, 0.5) is 0 Å². The van der Waals surface area contributed by atoms with Crippen molar-refractivity contribution in [2.45, 2.75) is 5.92 Å². The minimum absolute atomic E-state index is 0.257. The molecule has 12 heavy (non-hydrogen) atoms. The summed E-state index contributed by atoms with van der Waals surface area (Å²) in [6, 6.07) is 5.23. The maximum absolute atomic E-state index is 8.78. The third-order valence-electron chi connectivity index (χ3n) is 1.46. The van der Waals surface area contributed by atoms with Crippen molar-refractivity contribution in [3.63, 3.8) is 0 Å². The van der Waals surface area contributed by atoms with E-state index < -0.39 is 5.92 Å². The minimum atomic E-state index is -0.626. The highest BCUT2D eigenvalue weighted by Crippen LogP contribution is 2.20. The van der Waals surface area contributed by atoms with Crippen LogP contribution in [0.1, 0.15) is 11.6 Å². The van der Waals surface area contributed by atoms with E-state index in [1.165, 1.54) is 0 Å². The summed E-state index contributed by atoms with van der Waals surface area (Å²) in [4.78, 5) is 3.91. The van der Waals surface area contributed by atoms with Gasteiger partial charge in [-0.2, -0.15) is 5.26 Å². The Morgan fingerprint density at radius 2 is 2.50 bits per heavy atom. The van der Waals surface area contributed by atoms with Crippen molar-refractivity contribution in [3.8, 4) is 6.07 Å². The maximum Gasteiger partial charge on any atom is 0.113 e. The molecule has 0 radical (unpaired) electrons. The molecule has 4 heteroatoms. The van der Waals surface area contributed by atoms with E-state index in [9.17, 15) is 0 Å². The molecule has 0 aliphatic carbocycles. The first kappa shape index (κ1) is 8.98. The van der Waals surface area contributed by atoms with E-state index in [0.29, 0.717) is 10.7 Å². The predicted molar refractivity (Wildman–Crippen MR) is 44.7 cm³/mol. The second kappa shape index (κ2) is 4.05. The highest BCUT2D eigenvalue weighted by molar-refractivity contribution is 6.31. The molecule has 0 aliphatic heterocycles. The first-order valence-corrected chi connectivity index (χ1v) is 3.78. The molecular weight excluding hydrogens is 176 g/mol. The fraction of sp³-hybridized carbons (Fsp3) is 0.250.